The number of benzene rings is 2. The van der Waals surface area contributed by atoms with E-state index in [4.69, 9.17) is 5.11 Å². The molecule has 5 heteroatoms. The highest BCUT2D eigenvalue weighted by molar-refractivity contribution is 6.29. The second kappa shape index (κ2) is 6.97. The minimum Gasteiger partial charge on any atom is -0.478 e. The molecule has 1 aliphatic rings. The number of rotatable bonds is 4. The summed E-state index contributed by atoms with van der Waals surface area (Å²) >= 11 is 0. The zero-order valence-electron chi connectivity index (χ0n) is 13.6. The predicted octanol–water partition coefficient (Wildman–Crippen LogP) is 3.75. The summed E-state index contributed by atoms with van der Waals surface area (Å²) in [6, 6.07) is 15.8. The number of hydrazone groups is 1. The summed E-state index contributed by atoms with van der Waals surface area (Å²) in [7, 11) is 0. The van der Waals surface area contributed by atoms with Crippen LogP contribution in [0.2, 0.25) is 0 Å². The molecule has 0 spiro atoms. The maximum absolute atomic E-state index is 12.6. The Morgan fingerprint density at radius 1 is 1.08 bits per heavy atom. The lowest BCUT2D eigenvalue weighted by molar-refractivity contribution is -0.114. The molecule has 0 aromatic heterocycles. The molecule has 1 heterocycles. The number of hydrogen-bond donors (Lipinski definition) is 1. The van der Waals surface area contributed by atoms with Crippen LogP contribution in [-0.2, 0) is 4.79 Å². The van der Waals surface area contributed by atoms with Gasteiger partial charge < -0.3 is 5.11 Å². The number of hydrogen-bond acceptors (Lipinski definition) is 3. The van der Waals surface area contributed by atoms with Gasteiger partial charge in [-0.25, -0.2) is 4.79 Å². The van der Waals surface area contributed by atoms with Gasteiger partial charge in [0.1, 0.15) is 0 Å². The van der Waals surface area contributed by atoms with Gasteiger partial charge in [0.15, 0.2) is 0 Å². The number of aromatic carboxylic acids is 1. The number of nitrogens with zero attached hydrogens (tertiary/aromatic N) is 2. The van der Waals surface area contributed by atoms with Crippen LogP contribution in [0.15, 0.2) is 77.4 Å². The molecular weight excluding hydrogens is 316 g/mol. The Balaban J connectivity index is 1.80. The summed E-state index contributed by atoms with van der Waals surface area (Å²) in [5, 5.41) is 14.5. The minimum atomic E-state index is -1.01. The molecule has 0 fully saturated rings. The second-order valence-corrected chi connectivity index (χ2v) is 5.50. The molecule has 0 atom stereocenters. The van der Waals surface area contributed by atoms with Crippen LogP contribution in [0.4, 0.5) is 5.69 Å². The molecule has 3 rings (SSSR count). The highest BCUT2D eigenvalue weighted by Gasteiger charge is 2.28. The van der Waals surface area contributed by atoms with Crippen LogP contribution in [0, 0.1) is 0 Å². The van der Waals surface area contributed by atoms with Crippen LogP contribution >= 0.6 is 0 Å². The summed E-state index contributed by atoms with van der Waals surface area (Å²) in [5.41, 5.74) is 2.86. The van der Waals surface area contributed by atoms with Crippen molar-refractivity contribution in [2.45, 2.75) is 6.92 Å². The molecule has 5 nitrogen and oxygen atoms in total. The minimum absolute atomic E-state index is 0.164. The first-order valence-electron chi connectivity index (χ1n) is 7.73. The average Bonchev–Trinajstić information content (AvgIpc) is 2.91. The lowest BCUT2D eigenvalue weighted by Crippen LogP contribution is -2.21. The number of carboxylic acid groups (broad SMARTS) is 1. The van der Waals surface area contributed by atoms with Gasteiger partial charge in [-0.1, -0.05) is 42.5 Å². The van der Waals surface area contributed by atoms with Crippen LogP contribution in [-0.4, -0.2) is 22.7 Å². The third-order valence-corrected chi connectivity index (χ3v) is 3.77. The Hall–Kier alpha value is -3.47. The first-order valence-corrected chi connectivity index (χ1v) is 7.73. The first kappa shape index (κ1) is 16.4. The number of carboxylic acids is 1. The fourth-order valence-corrected chi connectivity index (χ4v) is 2.45. The molecule has 0 unspecified atom stereocenters. The van der Waals surface area contributed by atoms with E-state index in [0.29, 0.717) is 17.0 Å². The normalized spacial score (nSPS) is 15.9. The van der Waals surface area contributed by atoms with E-state index in [9.17, 15) is 9.59 Å². The van der Waals surface area contributed by atoms with Gasteiger partial charge in [-0.15, -0.1) is 0 Å². The maximum Gasteiger partial charge on any atom is 0.335 e. The van der Waals surface area contributed by atoms with Gasteiger partial charge in [-0.05, 0) is 42.8 Å². The van der Waals surface area contributed by atoms with E-state index in [2.05, 4.69) is 5.10 Å². The molecule has 1 aliphatic heterocycles. The van der Waals surface area contributed by atoms with E-state index in [1.54, 1.807) is 25.1 Å². The largest absolute Gasteiger partial charge is 0.478 e. The highest BCUT2D eigenvalue weighted by Crippen LogP contribution is 2.24. The molecule has 124 valence electrons. The van der Waals surface area contributed by atoms with Crippen LogP contribution in [0.5, 0.6) is 0 Å². The Bertz CT molecular complexity index is 894. The Kier molecular flexibility index (Phi) is 4.57. The third kappa shape index (κ3) is 3.55. The molecule has 0 saturated carbocycles. The molecule has 2 aromatic carbocycles. The number of carbonyl (C=O) groups is 2. The van der Waals surface area contributed by atoms with E-state index in [1.165, 1.54) is 17.1 Å². The molecule has 0 bridgehead atoms. The molecule has 0 saturated heterocycles. The van der Waals surface area contributed by atoms with Crippen molar-refractivity contribution in [1.82, 2.24) is 0 Å². The molecule has 1 amide bonds. The fraction of sp³-hybridized carbons (Fsp3) is 0.0500. The van der Waals surface area contributed by atoms with Crippen molar-refractivity contribution in [1.29, 1.82) is 0 Å². The third-order valence-electron chi connectivity index (χ3n) is 3.77. The van der Waals surface area contributed by atoms with Crippen molar-refractivity contribution in [3.8, 4) is 0 Å². The summed E-state index contributed by atoms with van der Waals surface area (Å²) in [6.45, 7) is 1.77. The van der Waals surface area contributed by atoms with Crippen molar-refractivity contribution >= 4 is 29.4 Å². The van der Waals surface area contributed by atoms with E-state index >= 15 is 0 Å². The van der Waals surface area contributed by atoms with E-state index < -0.39 is 5.97 Å². The molecular formula is C20H16N2O3. The van der Waals surface area contributed by atoms with Gasteiger partial charge in [0, 0.05) is 0 Å². The zero-order chi connectivity index (χ0) is 17.8. The Morgan fingerprint density at radius 2 is 1.76 bits per heavy atom. The van der Waals surface area contributed by atoms with Crippen molar-refractivity contribution in [3.63, 3.8) is 0 Å². The first-order chi connectivity index (χ1) is 12.1. The lowest BCUT2D eigenvalue weighted by atomic mass is 10.1. The molecule has 1 N–H and O–H groups in total. The number of allylic oxidation sites excluding steroid dienone is 2. The van der Waals surface area contributed by atoms with Crippen molar-refractivity contribution in [2.75, 3.05) is 5.01 Å². The number of amides is 1. The van der Waals surface area contributed by atoms with Gasteiger partial charge in [-0.3, -0.25) is 4.79 Å². The summed E-state index contributed by atoms with van der Waals surface area (Å²) in [4.78, 5) is 23.5. The van der Waals surface area contributed by atoms with Crippen molar-refractivity contribution in [2.24, 2.45) is 5.10 Å². The van der Waals surface area contributed by atoms with Gasteiger partial charge >= 0.3 is 5.97 Å². The fourth-order valence-electron chi connectivity index (χ4n) is 2.45. The van der Waals surface area contributed by atoms with Crippen LogP contribution < -0.4 is 5.01 Å². The Labute approximate surface area is 145 Å². The number of anilines is 1. The van der Waals surface area contributed by atoms with E-state index in [1.807, 2.05) is 42.5 Å². The van der Waals surface area contributed by atoms with Crippen molar-refractivity contribution < 1.29 is 14.7 Å². The average molecular weight is 332 g/mol. The van der Waals surface area contributed by atoms with E-state index in [0.717, 1.165) is 5.56 Å². The number of carbonyl (C=O) groups excluding carboxylic acids is 1. The topological polar surface area (TPSA) is 70.0 Å². The lowest BCUT2D eigenvalue weighted by Gasteiger charge is -2.11. The predicted molar refractivity (Wildman–Crippen MR) is 97.6 cm³/mol. The quantitative estimate of drug-likeness (QED) is 0.867. The zero-order valence-corrected chi connectivity index (χ0v) is 13.6. The van der Waals surface area contributed by atoms with Gasteiger partial charge in [0.25, 0.3) is 5.91 Å². The van der Waals surface area contributed by atoms with Crippen molar-refractivity contribution in [3.05, 3.63) is 83.4 Å². The standard InChI is InChI=1S/C20H16N2O3/c1-14-18(9-5-8-15-6-3-2-4-7-15)19(23)22(21-14)17-12-10-16(11-13-17)20(24)25/h2-13H,1H3,(H,24,25)/b8-5-,18-9-. The smallest absolute Gasteiger partial charge is 0.335 e. The highest BCUT2D eigenvalue weighted by atomic mass is 16.4. The second-order valence-electron chi connectivity index (χ2n) is 5.50. The van der Waals surface area contributed by atoms with Crippen LogP contribution in [0.3, 0.4) is 0 Å². The van der Waals surface area contributed by atoms with Gasteiger partial charge in [0.05, 0.1) is 22.5 Å². The Morgan fingerprint density at radius 3 is 2.40 bits per heavy atom. The molecule has 2 aromatic rings. The molecule has 25 heavy (non-hydrogen) atoms. The SMILES string of the molecule is CC1=NN(c2ccc(C(=O)O)cc2)C(=O)/C1=C\C=C/c1ccccc1. The maximum atomic E-state index is 12.6. The van der Waals surface area contributed by atoms with Gasteiger partial charge in [0.2, 0.25) is 0 Å². The van der Waals surface area contributed by atoms with Gasteiger partial charge in [-0.2, -0.15) is 10.1 Å². The van der Waals surface area contributed by atoms with E-state index in [-0.39, 0.29) is 11.5 Å². The van der Waals surface area contributed by atoms with Crippen LogP contribution in [0.1, 0.15) is 22.8 Å². The monoisotopic (exact) mass is 332 g/mol. The van der Waals surface area contributed by atoms with Crippen LogP contribution in [0.25, 0.3) is 6.08 Å². The summed E-state index contributed by atoms with van der Waals surface area (Å²) in [6.07, 6.45) is 5.47. The molecule has 0 radical (unpaired) electrons. The summed E-state index contributed by atoms with van der Waals surface area (Å²) < 4.78 is 0. The summed E-state index contributed by atoms with van der Waals surface area (Å²) in [5.74, 6) is -1.25. The molecule has 0 aliphatic carbocycles.